The number of hydrogen-bond acceptors (Lipinski definition) is 2. The Morgan fingerprint density at radius 3 is 2.85 bits per heavy atom. The minimum atomic E-state index is 0.349. The van der Waals surface area contributed by atoms with E-state index in [4.69, 9.17) is 4.74 Å². The third-order valence-electron chi connectivity index (χ3n) is 4.00. The highest BCUT2D eigenvalue weighted by molar-refractivity contribution is 5.52. The molecule has 0 saturated heterocycles. The van der Waals surface area contributed by atoms with Crippen molar-refractivity contribution in [3.8, 4) is 5.75 Å². The van der Waals surface area contributed by atoms with Gasteiger partial charge in [-0.2, -0.15) is 0 Å². The summed E-state index contributed by atoms with van der Waals surface area (Å²) in [6, 6.07) is 15.4. The highest BCUT2D eigenvalue weighted by Crippen LogP contribution is 2.31. The zero-order chi connectivity index (χ0) is 13.9. The molecule has 104 valence electrons. The van der Waals surface area contributed by atoms with Gasteiger partial charge in [0, 0.05) is 12.1 Å². The van der Waals surface area contributed by atoms with E-state index in [-0.39, 0.29) is 0 Å². The molecule has 0 aliphatic carbocycles. The highest BCUT2D eigenvalue weighted by Gasteiger charge is 2.16. The SMILES string of the molecule is CCC(Nc1ccccc1C)c1ccc2c(c1)CCO2. The van der Waals surface area contributed by atoms with Crippen LogP contribution >= 0.6 is 0 Å². The summed E-state index contributed by atoms with van der Waals surface area (Å²) in [6.07, 6.45) is 2.10. The molecule has 2 aromatic carbocycles. The van der Waals surface area contributed by atoms with Gasteiger partial charge in [-0.3, -0.25) is 0 Å². The van der Waals surface area contributed by atoms with Crippen LogP contribution in [0, 0.1) is 6.92 Å². The number of nitrogens with one attached hydrogen (secondary N) is 1. The topological polar surface area (TPSA) is 21.3 Å². The Bertz CT molecular complexity index is 606. The molecular formula is C18H21NO. The summed E-state index contributed by atoms with van der Waals surface area (Å²) in [4.78, 5) is 0. The molecule has 2 aromatic rings. The van der Waals surface area contributed by atoms with Gasteiger partial charge in [-0.15, -0.1) is 0 Å². The van der Waals surface area contributed by atoms with Crippen molar-refractivity contribution in [2.45, 2.75) is 32.7 Å². The molecule has 1 aliphatic heterocycles. The molecule has 1 aliphatic rings. The second kappa shape index (κ2) is 5.58. The summed E-state index contributed by atoms with van der Waals surface area (Å²) < 4.78 is 5.58. The Morgan fingerprint density at radius 1 is 1.20 bits per heavy atom. The lowest BCUT2D eigenvalue weighted by Gasteiger charge is -2.20. The van der Waals surface area contributed by atoms with Gasteiger partial charge in [-0.25, -0.2) is 0 Å². The van der Waals surface area contributed by atoms with Crippen molar-refractivity contribution < 1.29 is 4.74 Å². The number of aryl methyl sites for hydroxylation is 1. The lowest BCUT2D eigenvalue weighted by Crippen LogP contribution is -2.10. The van der Waals surface area contributed by atoms with E-state index >= 15 is 0 Å². The van der Waals surface area contributed by atoms with Gasteiger partial charge in [-0.05, 0) is 48.2 Å². The Kier molecular flexibility index (Phi) is 3.64. The van der Waals surface area contributed by atoms with Crippen LogP contribution in [0.4, 0.5) is 5.69 Å². The number of ether oxygens (including phenoxy) is 1. The lowest BCUT2D eigenvalue weighted by atomic mass is 10.00. The maximum Gasteiger partial charge on any atom is 0.122 e. The molecule has 0 saturated carbocycles. The van der Waals surface area contributed by atoms with Crippen LogP contribution in [0.3, 0.4) is 0 Å². The van der Waals surface area contributed by atoms with Crippen molar-refractivity contribution in [3.05, 3.63) is 59.2 Å². The van der Waals surface area contributed by atoms with E-state index in [1.165, 1.54) is 22.4 Å². The molecule has 2 heteroatoms. The molecular weight excluding hydrogens is 246 g/mol. The van der Waals surface area contributed by atoms with E-state index in [2.05, 4.69) is 61.6 Å². The minimum Gasteiger partial charge on any atom is -0.493 e. The van der Waals surface area contributed by atoms with Crippen molar-refractivity contribution in [1.29, 1.82) is 0 Å². The molecule has 0 bridgehead atoms. The van der Waals surface area contributed by atoms with E-state index in [9.17, 15) is 0 Å². The fourth-order valence-electron chi connectivity index (χ4n) is 2.77. The summed E-state index contributed by atoms with van der Waals surface area (Å²) >= 11 is 0. The second-order valence-corrected chi connectivity index (χ2v) is 5.39. The van der Waals surface area contributed by atoms with Crippen LogP contribution in [-0.2, 0) is 6.42 Å². The third kappa shape index (κ3) is 2.51. The van der Waals surface area contributed by atoms with Gasteiger partial charge in [0.1, 0.15) is 5.75 Å². The molecule has 1 N–H and O–H groups in total. The van der Waals surface area contributed by atoms with Gasteiger partial charge in [0.05, 0.1) is 12.6 Å². The monoisotopic (exact) mass is 267 g/mol. The largest absolute Gasteiger partial charge is 0.493 e. The van der Waals surface area contributed by atoms with Gasteiger partial charge in [0.15, 0.2) is 0 Å². The number of fused-ring (bicyclic) bond motifs is 1. The van der Waals surface area contributed by atoms with Gasteiger partial charge in [0.2, 0.25) is 0 Å². The highest BCUT2D eigenvalue weighted by atomic mass is 16.5. The van der Waals surface area contributed by atoms with Gasteiger partial charge in [-0.1, -0.05) is 31.2 Å². The summed E-state index contributed by atoms with van der Waals surface area (Å²) in [7, 11) is 0. The van der Waals surface area contributed by atoms with E-state index in [0.717, 1.165) is 25.2 Å². The standard InChI is InChI=1S/C18H21NO/c1-3-16(19-17-7-5-4-6-13(17)2)14-8-9-18-15(12-14)10-11-20-18/h4-9,12,16,19H,3,10-11H2,1-2H3. The first-order valence-corrected chi connectivity index (χ1v) is 7.35. The number of para-hydroxylation sites is 1. The Hall–Kier alpha value is -1.96. The number of hydrogen-bond donors (Lipinski definition) is 1. The molecule has 1 heterocycles. The minimum absolute atomic E-state index is 0.349. The number of benzene rings is 2. The molecule has 0 fully saturated rings. The number of anilines is 1. The second-order valence-electron chi connectivity index (χ2n) is 5.39. The van der Waals surface area contributed by atoms with Gasteiger partial charge < -0.3 is 10.1 Å². The van der Waals surface area contributed by atoms with Crippen LogP contribution in [-0.4, -0.2) is 6.61 Å². The molecule has 2 nitrogen and oxygen atoms in total. The molecule has 1 unspecified atom stereocenters. The summed E-state index contributed by atoms with van der Waals surface area (Å²) in [5, 5.41) is 3.66. The summed E-state index contributed by atoms with van der Waals surface area (Å²) in [5.41, 5.74) is 5.19. The van der Waals surface area contributed by atoms with Crippen LogP contribution in [0.1, 0.15) is 36.1 Å². The van der Waals surface area contributed by atoms with Crippen LogP contribution in [0.15, 0.2) is 42.5 Å². The molecule has 0 aromatic heterocycles. The quantitative estimate of drug-likeness (QED) is 0.881. The maximum absolute atomic E-state index is 5.58. The van der Waals surface area contributed by atoms with Crippen LogP contribution in [0.2, 0.25) is 0 Å². The Labute approximate surface area is 120 Å². The average molecular weight is 267 g/mol. The fourth-order valence-corrected chi connectivity index (χ4v) is 2.77. The average Bonchev–Trinajstić information content (AvgIpc) is 2.94. The van der Waals surface area contributed by atoms with E-state index < -0.39 is 0 Å². The van der Waals surface area contributed by atoms with Crippen molar-refractivity contribution in [1.82, 2.24) is 0 Å². The van der Waals surface area contributed by atoms with Gasteiger partial charge in [0.25, 0.3) is 0 Å². The predicted octanol–water partition coefficient (Wildman–Crippen LogP) is 4.49. The van der Waals surface area contributed by atoms with E-state index in [0.29, 0.717) is 6.04 Å². The first kappa shape index (κ1) is 13.0. The Balaban J connectivity index is 1.85. The van der Waals surface area contributed by atoms with Crippen molar-refractivity contribution in [2.75, 3.05) is 11.9 Å². The van der Waals surface area contributed by atoms with Crippen LogP contribution < -0.4 is 10.1 Å². The van der Waals surface area contributed by atoms with E-state index in [1.54, 1.807) is 0 Å². The number of rotatable bonds is 4. The first-order valence-electron chi connectivity index (χ1n) is 7.35. The summed E-state index contributed by atoms with van der Waals surface area (Å²) in [6.45, 7) is 5.19. The van der Waals surface area contributed by atoms with Crippen LogP contribution in [0.25, 0.3) is 0 Å². The van der Waals surface area contributed by atoms with Crippen molar-refractivity contribution in [3.63, 3.8) is 0 Å². The van der Waals surface area contributed by atoms with Crippen LogP contribution in [0.5, 0.6) is 5.75 Å². The zero-order valence-electron chi connectivity index (χ0n) is 12.1. The molecule has 20 heavy (non-hydrogen) atoms. The van der Waals surface area contributed by atoms with Crippen molar-refractivity contribution in [2.24, 2.45) is 0 Å². The van der Waals surface area contributed by atoms with Gasteiger partial charge >= 0.3 is 0 Å². The Morgan fingerprint density at radius 2 is 2.05 bits per heavy atom. The third-order valence-corrected chi connectivity index (χ3v) is 4.00. The lowest BCUT2D eigenvalue weighted by molar-refractivity contribution is 0.357. The molecule has 3 rings (SSSR count). The smallest absolute Gasteiger partial charge is 0.122 e. The first-order chi connectivity index (χ1) is 9.78. The maximum atomic E-state index is 5.58. The summed E-state index contributed by atoms with van der Waals surface area (Å²) in [5.74, 6) is 1.06. The molecule has 0 spiro atoms. The van der Waals surface area contributed by atoms with E-state index in [1.807, 2.05) is 0 Å². The zero-order valence-corrected chi connectivity index (χ0v) is 12.1. The fraction of sp³-hybridized carbons (Fsp3) is 0.333. The molecule has 1 atom stereocenters. The molecule has 0 radical (unpaired) electrons. The predicted molar refractivity (Wildman–Crippen MR) is 83.5 cm³/mol. The van der Waals surface area contributed by atoms with Crippen molar-refractivity contribution >= 4 is 5.69 Å². The normalized spacial score (nSPS) is 14.5. The molecule has 0 amide bonds.